The highest BCUT2D eigenvalue weighted by Crippen LogP contribution is 2.14. The van der Waals surface area contributed by atoms with Crippen molar-refractivity contribution in [3.63, 3.8) is 0 Å². The number of amidine groups is 1. The molecule has 6 heteroatoms. The van der Waals surface area contributed by atoms with Crippen LogP contribution in [0.15, 0.2) is 29.6 Å². The molecule has 19 heavy (non-hydrogen) atoms. The number of hydrogen-bond donors (Lipinski definition) is 3. The summed E-state index contributed by atoms with van der Waals surface area (Å²) in [6.07, 6.45) is 1.67. The maximum absolute atomic E-state index is 12.2. The van der Waals surface area contributed by atoms with Crippen molar-refractivity contribution in [2.45, 2.75) is 26.8 Å². The van der Waals surface area contributed by atoms with Gasteiger partial charge in [0.2, 0.25) is 5.91 Å². The molecular formula is C13H20N4O2. The van der Waals surface area contributed by atoms with Crippen molar-refractivity contribution in [3.8, 4) is 0 Å². The van der Waals surface area contributed by atoms with Gasteiger partial charge in [0.15, 0.2) is 5.84 Å². The van der Waals surface area contributed by atoms with Crippen LogP contribution in [-0.4, -0.2) is 21.9 Å². The van der Waals surface area contributed by atoms with E-state index in [2.05, 4.69) is 15.5 Å². The summed E-state index contributed by atoms with van der Waals surface area (Å²) >= 11 is 0. The van der Waals surface area contributed by atoms with Crippen LogP contribution in [0.25, 0.3) is 0 Å². The number of hydrogen-bond acceptors (Lipinski definition) is 4. The van der Waals surface area contributed by atoms with Crippen molar-refractivity contribution in [2.24, 2.45) is 22.7 Å². The van der Waals surface area contributed by atoms with Gasteiger partial charge in [-0.3, -0.25) is 9.78 Å². The van der Waals surface area contributed by atoms with Crippen LogP contribution in [0, 0.1) is 11.8 Å². The van der Waals surface area contributed by atoms with Gasteiger partial charge >= 0.3 is 0 Å². The Hall–Kier alpha value is -2.11. The van der Waals surface area contributed by atoms with Gasteiger partial charge in [0.1, 0.15) is 5.92 Å². The molecule has 2 atom stereocenters. The lowest BCUT2D eigenvalue weighted by atomic mass is 9.93. The Kier molecular flexibility index (Phi) is 5.29. The Morgan fingerprint density at radius 3 is 2.58 bits per heavy atom. The van der Waals surface area contributed by atoms with Gasteiger partial charge in [-0.1, -0.05) is 25.1 Å². The van der Waals surface area contributed by atoms with Gasteiger partial charge in [-0.25, -0.2) is 0 Å². The number of oxime groups is 1. The first-order valence-electron chi connectivity index (χ1n) is 6.16. The van der Waals surface area contributed by atoms with Crippen LogP contribution in [0.1, 0.15) is 32.5 Å². The zero-order chi connectivity index (χ0) is 14.4. The summed E-state index contributed by atoms with van der Waals surface area (Å²) < 4.78 is 0. The molecule has 0 radical (unpaired) electrons. The molecule has 0 aliphatic heterocycles. The molecule has 6 nitrogen and oxygen atoms in total. The second kappa shape index (κ2) is 6.72. The fourth-order valence-electron chi connectivity index (χ4n) is 1.85. The van der Waals surface area contributed by atoms with Gasteiger partial charge in [-0.2, -0.15) is 0 Å². The van der Waals surface area contributed by atoms with Gasteiger partial charge in [0, 0.05) is 6.20 Å². The molecule has 0 bridgehead atoms. The summed E-state index contributed by atoms with van der Waals surface area (Å²) in [5.41, 5.74) is 6.32. The van der Waals surface area contributed by atoms with Crippen LogP contribution in [0.4, 0.5) is 0 Å². The molecule has 0 aromatic carbocycles. The fourth-order valence-corrected chi connectivity index (χ4v) is 1.85. The first kappa shape index (κ1) is 14.9. The number of carbonyl (C=O) groups excluding carboxylic acids is 1. The van der Waals surface area contributed by atoms with Crippen LogP contribution in [0.5, 0.6) is 0 Å². The first-order valence-corrected chi connectivity index (χ1v) is 6.16. The highest BCUT2D eigenvalue weighted by Gasteiger charge is 2.27. The smallest absolute Gasteiger partial charge is 0.231 e. The molecule has 1 rings (SSSR count). The van der Waals surface area contributed by atoms with E-state index in [4.69, 9.17) is 10.9 Å². The van der Waals surface area contributed by atoms with E-state index in [9.17, 15) is 4.79 Å². The largest absolute Gasteiger partial charge is 0.409 e. The lowest BCUT2D eigenvalue weighted by Crippen LogP contribution is -2.42. The number of nitrogens with two attached hydrogens (primary N) is 1. The summed E-state index contributed by atoms with van der Waals surface area (Å²) in [7, 11) is 0. The second-order valence-electron chi connectivity index (χ2n) is 4.73. The van der Waals surface area contributed by atoms with Crippen molar-refractivity contribution in [2.75, 3.05) is 0 Å². The van der Waals surface area contributed by atoms with E-state index in [1.165, 1.54) is 0 Å². The second-order valence-corrected chi connectivity index (χ2v) is 4.73. The molecule has 4 N–H and O–H groups in total. The third kappa shape index (κ3) is 3.94. The highest BCUT2D eigenvalue weighted by molar-refractivity contribution is 6.02. The molecule has 1 aromatic heterocycles. The van der Waals surface area contributed by atoms with E-state index in [1.54, 1.807) is 6.20 Å². The van der Waals surface area contributed by atoms with E-state index < -0.39 is 5.92 Å². The molecule has 2 unspecified atom stereocenters. The maximum Gasteiger partial charge on any atom is 0.231 e. The normalized spacial score (nSPS) is 15.1. The van der Waals surface area contributed by atoms with Crippen LogP contribution >= 0.6 is 0 Å². The zero-order valence-corrected chi connectivity index (χ0v) is 11.4. The minimum Gasteiger partial charge on any atom is -0.409 e. The van der Waals surface area contributed by atoms with Crippen LogP contribution < -0.4 is 11.1 Å². The molecule has 1 heterocycles. The van der Waals surface area contributed by atoms with Gasteiger partial charge in [0.05, 0.1) is 11.7 Å². The molecule has 0 spiro atoms. The molecule has 0 aliphatic rings. The average Bonchev–Trinajstić information content (AvgIpc) is 2.39. The number of nitrogens with zero attached hydrogens (tertiary/aromatic N) is 2. The predicted molar refractivity (Wildman–Crippen MR) is 72.5 cm³/mol. The third-order valence-electron chi connectivity index (χ3n) is 2.87. The Bertz CT molecular complexity index is 445. The van der Waals surface area contributed by atoms with Crippen molar-refractivity contribution < 1.29 is 10.0 Å². The minimum absolute atomic E-state index is 0.0631. The van der Waals surface area contributed by atoms with Gasteiger partial charge < -0.3 is 16.3 Å². The van der Waals surface area contributed by atoms with Crippen LogP contribution in [-0.2, 0) is 4.79 Å². The van der Waals surface area contributed by atoms with Gasteiger partial charge in [-0.05, 0) is 25.0 Å². The Balaban J connectivity index is 2.78. The number of pyridine rings is 1. The number of amides is 1. The van der Waals surface area contributed by atoms with Crippen molar-refractivity contribution in [1.29, 1.82) is 0 Å². The van der Waals surface area contributed by atoms with E-state index in [-0.39, 0.29) is 23.7 Å². The Morgan fingerprint density at radius 1 is 1.42 bits per heavy atom. The van der Waals surface area contributed by atoms with E-state index >= 15 is 0 Å². The molecule has 0 saturated carbocycles. The van der Waals surface area contributed by atoms with E-state index in [1.807, 2.05) is 39.0 Å². The number of rotatable bonds is 5. The average molecular weight is 264 g/mol. The van der Waals surface area contributed by atoms with Crippen LogP contribution in [0.3, 0.4) is 0 Å². The molecule has 1 amide bonds. The molecule has 0 saturated heterocycles. The standard InChI is InChI=1S/C13H20N4O2/c1-8(2)11(12(14)17-19)13(18)16-9(3)10-6-4-5-7-15-10/h4-9,11,19H,1-3H3,(H2,14,17)(H,16,18). The molecular weight excluding hydrogens is 244 g/mol. The quantitative estimate of drug-likeness (QED) is 0.323. The van der Waals surface area contributed by atoms with Crippen molar-refractivity contribution in [3.05, 3.63) is 30.1 Å². The SMILES string of the molecule is CC(NC(=O)C(C(N)=NO)C(C)C)c1ccccn1. The Morgan fingerprint density at radius 2 is 2.11 bits per heavy atom. The topological polar surface area (TPSA) is 101 Å². The predicted octanol–water partition coefficient (Wildman–Crippen LogP) is 1.28. The molecule has 0 aliphatic carbocycles. The first-order chi connectivity index (χ1) is 8.97. The summed E-state index contributed by atoms with van der Waals surface area (Å²) in [5.74, 6) is -1.08. The van der Waals surface area contributed by atoms with E-state index in [0.29, 0.717) is 0 Å². The van der Waals surface area contributed by atoms with Crippen molar-refractivity contribution in [1.82, 2.24) is 10.3 Å². The maximum atomic E-state index is 12.2. The summed E-state index contributed by atoms with van der Waals surface area (Å²) in [6.45, 7) is 5.52. The molecule has 104 valence electrons. The highest BCUT2D eigenvalue weighted by atomic mass is 16.4. The van der Waals surface area contributed by atoms with Gasteiger partial charge in [0.25, 0.3) is 0 Å². The zero-order valence-electron chi connectivity index (χ0n) is 11.4. The fraction of sp³-hybridized carbons (Fsp3) is 0.462. The van der Waals surface area contributed by atoms with Crippen molar-refractivity contribution >= 4 is 11.7 Å². The summed E-state index contributed by atoms with van der Waals surface area (Å²) in [4.78, 5) is 16.3. The molecule has 0 fully saturated rings. The summed E-state index contributed by atoms with van der Waals surface area (Å²) in [6, 6.07) is 5.26. The molecule has 1 aromatic rings. The van der Waals surface area contributed by atoms with E-state index in [0.717, 1.165) is 5.69 Å². The summed E-state index contributed by atoms with van der Waals surface area (Å²) in [5, 5.41) is 14.5. The number of aromatic nitrogens is 1. The third-order valence-corrected chi connectivity index (χ3v) is 2.87. The lowest BCUT2D eigenvalue weighted by molar-refractivity contribution is -0.124. The minimum atomic E-state index is -0.656. The lowest BCUT2D eigenvalue weighted by Gasteiger charge is -2.21. The van der Waals surface area contributed by atoms with Crippen LogP contribution in [0.2, 0.25) is 0 Å². The monoisotopic (exact) mass is 264 g/mol. The number of carbonyl (C=O) groups is 1. The Labute approximate surface area is 112 Å². The number of nitrogens with one attached hydrogen (secondary N) is 1. The van der Waals surface area contributed by atoms with Gasteiger partial charge in [-0.15, -0.1) is 0 Å².